The fourth-order valence-electron chi connectivity index (χ4n) is 0.855. The van der Waals surface area contributed by atoms with Crippen molar-refractivity contribution in [2.45, 2.75) is 0 Å². The summed E-state index contributed by atoms with van der Waals surface area (Å²) in [5, 5.41) is 8.53. The minimum absolute atomic E-state index is 0.512. The van der Waals surface area contributed by atoms with Crippen LogP contribution in [0.2, 0.25) is 10.2 Å². The highest BCUT2D eigenvalue weighted by Gasteiger charge is 2.00. The number of pyridine rings is 1. The van der Waals surface area contributed by atoms with Gasteiger partial charge in [-0.2, -0.15) is 0 Å². The third-order valence-corrected chi connectivity index (χ3v) is 1.84. The monoisotopic (exact) mass is 187 g/mol. The molecule has 56 valence electrons. The molecule has 0 N–H and O–H groups in total. The van der Waals surface area contributed by atoms with E-state index in [0.29, 0.717) is 15.8 Å². The molecule has 0 unspecified atom stereocenters. The lowest BCUT2D eigenvalue weighted by Gasteiger charge is -1.95. The summed E-state index contributed by atoms with van der Waals surface area (Å²) < 4.78 is 1.65. The smallest absolute Gasteiger partial charge is 0.163 e. The SMILES string of the molecule is Clc1cc(Cl)n2cnnc2c1. The van der Waals surface area contributed by atoms with Crippen molar-refractivity contribution in [1.29, 1.82) is 0 Å². The molecule has 2 aromatic heterocycles. The minimum Gasteiger partial charge on any atom is -0.272 e. The van der Waals surface area contributed by atoms with Crippen molar-refractivity contribution in [1.82, 2.24) is 14.6 Å². The van der Waals surface area contributed by atoms with E-state index in [4.69, 9.17) is 23.2 Å². The number of halogens is 2. The fourth-order valence-corrected chi connectivity index (χ4v) is 1.36. The van der Waals surface area contributed by atoms with Crippen LogP contribution >= 0.6 is 23.2 Å². The first-order valence-electron chi connectivity index (χ1n) is 2.92. The predicted molar refractivity (Wildman–Crippen MR) is 43.0 cm³/mol. The Morgan fingerprint density at radius 3 is 2.91 bits per heavy atom. The van der Waals surface area contributed by atoms with Gasteiger partial charge >= 0.3 is 0 Å². The van der Waals surface area contributed by atoms with Crippen LogP contribution in [0.25, 0.3) is 5.65 Å². The number of hydrogen-bond acceptors (Lipinski definition) is 2. The van der Waals surface area contributed by atoms with Gasteiger partial charge in [-0.05, 0) is 6.07 Å². The van der Waals surface area contributed by atoms with E-state index in [2.05, 4.69) is 10.2 Å². The van der Waals surface area contributed by atoms with Gasteiger partial charge < -0.3 is 0 Å². The maximum Gasteiger partial charge on any atom is 0.163 e. The van der Waals surface area contributed by atoms with Gasteiger partial charge in [0.25, 0.3) is 0 Å². The molecule has 11 heavy (non-hydrogen) atoms. The van der Waals surface area contributed by atoms with E-state index < -0.39 is 0 Å². The highest BCUT2D eigenvalue weighted by molar-refractivity contribution is 6.34. The van der Waals surface area contributed by atoms with Crippen molar-refractivity contribution in [3.63, 3.8) is 0 Å². The number of rotatable bonds is 0. The van der Waals surface area contributed by atoms with Gasteiger partial charge in [0.2, 0.25) is 0 Å². The molecule has 0 aliphatic heterocycles. The second kappa shape index (κ2) is 2.36. The van der Waals surface area contributed by atoms with Crippen LogP contribution in [0.4, 0.5) is 0 Å². The Morgan fingerprint density at radius 2 is 2.09 bits per heavy atom. The quantitative estimate of drug-likeness (QED) is 0.592. The van der Waals surface area contributed by atoms with E-state index >= 15 is 0 Å². The summed E-state index contributed by atoms with van der Waals surface area (Å²) in [7, 11) is 0. The lowest BCUT2D eigenvalue weighted by molar-refractivity contribution is 1.10. The van der Waals surface area contributed by atoms with Gasteiger partial charge in [0.05, 0.1) is 0 Å². The van der Waals surface area contributed by atoms with Crippen LogP contribution in [0.5, 0.6) is 0 Å². The summed E-state index contributed by atoms with van der Waals surface area (Å²) in [6.45, 7) is 0. The van der Waals surface area contributed by atoms with Crippen LogP contribution in [0, 0.1) is 0 Å². The maximum absolute atomic E-state index is 5.80. The molecule has 0 amide bonds. The van der Waals surface area contributed by atoms with Gasteiger partial charge in [0.1, 0.15) is 11.5 Å². The molecule has 0 atom stereocenters. The van der Waals surface area contributed by atoms with Gasteiger partial charge in [-0.15, -0.1) is 10.2 Å². The van der Waals surface area contributed by atoms with E-state index in [1.807, 2.05) is 0 Å². The molecule has 3 nitrogen and oxygen atoms in total. The van der Waals surface area contributed by atoms with Crippen LogP contribution in [-0.2, 0) is 0 Å². The van der Waals surface area contributed by atoms with Crippen molar-refractivity contribution in [3.05, 3.63) is 28.6 Å². The Morgan fingerprint density at radius 1 is 1.27 bits per heavy atom. The normalized spacial score (nSPS) is 10.7. The van der Waals surface area contributed by atoms with Crippen LogP contribution in [0.15, 0.2) is 18.5 Å². The first-order valence-corrected chi connectivity index (χ1v) is 3.68. The summed E-state index contributed by atoms with van der Waals surface area (Å²) in [5.74, 6) is 0. The molecule has 0 aliphatic carbocycles. The van der Waals surface area contributed by atoms with E-state index in [1.54, 1.807) is 16.5 Å². The summed E-state index contributed by atoms with van der Waals surface area (Å²) in [6, 6.07) is 3.33. The predicted octanol–water partition coefficient (Wildman–Crippen LogP) is 2.04. The van der Waals surface area contributed by atoms with Crippen molar-refractivity contribution < 1.29 is 0 Å². The number of aromatic nitrogens is 3. The first kappa shape index (κ1) is 6.88. The summed E-state index contributed by atoms with van der Waals surface area (Å²) in [4.78, 5) is 0. The molecule has 0 radical (unpaired) electrons. The standard InChI is InChI=1S/C6H3Cl2N3/c7-4-1-5(8)11-3-9-10-6(11)2-4/h1-3H. The molecule has 2 rings (SSSR count). The lowest BCUT2D eigenvalue weighted by atomic mass is 10.5. The third-order valence-electron chi connectivity index (χ3n) is 1.33. The molecule has 0 aliphatic rings. The Bertz CT molecular complexity index is 396. The highest BCUT2D eigenvalue weighted by atomic mass is 35.5. The third kappa shape index (κ3) is 1.06. The van der Waals surface area contributed by atoms with Gasteiger partial charge in [-0.1, -0.05) is 23.2 Å². The molecule has 5 heteroatoms. The number of fused-ring (bicyclic) bond motifs is 1. The van der Waals surface area contributed by atoms with Crippen molar-refractivity contribution in [2.75, 3.05) is 0 Å². The first-order chi connectivity index (χ1) is 5.27. The van der Waals surface area contributed by atoms with Crippen molar-refractivity contribution >= 4 is 28.8 Å². The molecule has 0 saturated carbocycles. The van der Waals surface area contributed by atoms with E-state index in [9.17, 15) is 0 Å². The second-order valence-electron chi connectivity index (χ2n) is 2.06. The molecule has 0 aromatic carbocycles. The molecule has 2 aromatic rings. The van der Waals surface area contributed by atoms with Gasteiger partial charge in [0, 0.05) is 11.1 Å². The van der Waals surface area contributed by atoms with Crippen molar-refractivity contribution in [2.24, 2.45) is 0 Å². The van der Waals surface area contributed by atoms with Crippen LogP contribution in [0.3, 0.4) is 0 Å². The number of hydrogen-bond donors (Lipinski definition) is 0. The molecule has 0 bridgehead atoms. The maximum atomic E-state index is 5.80. The number of nitrogens with zero attached hydrogens (tertiary/aromatic N) is 3. The van der Waals surface area contributed by atoms with Crippen LogP contribution in [0.1, 0.15) is 0 Å². The Balaban J connectivity index is 2.91. The topological polar surface area (TPSA) is 30.2 Å². The zero-order valence-electron chi connectivity index (χ0n) is 5.33. The minimum atomic E-state index is 0.512. The van der Waals surface area contributed by atoms with Crippen LogP contribution < -0.4 is 0 Å². The Labute approximate surface area is 72.6 Å². The molecule has 0 spiro atoms. The van der Waals surface area contributed by atoms with Crippen LogP contribution in [-0.4, -0.2) is 14.6 Å². The summed E-state index contributed by atoms with van der Waals surface area (Å²) in [5.41, 5.74) is 0.655. The molecule has 2 heterocycles. The van der Waals surface area contributed by atoms with Gasteiger partial charge in [-0.25, -0.2) is 0 Å². The van der Waals surface area contributed by atoms with Crippen molar-refractivity contribution in [3.8, 4) is 0 Å². The molecule has 0 fully saturated rings. The van der Waals surface area contributed by atoms with E-state index in [1.165, 1.54) is 6.33 Å². The Hall–Kier alpha value is -0.800. The average Bonchev–Trinajstić information content (AvgIpc) is 2.34. The summed E-state index contributed by atoms with van der Waals surface area (Å²) >= 11 is 11.5. The lowest BCUT2D eigenvalue weighted by Crippen LogP contribution is -1.83. The largest absolute Gasteiger partial charge is 0.272 e. The molecular formula is C6H3Cl2N3. The zero-order chi connectivity index (χ0) is 7.84. The van der Waals surface area contributed by atoms with Gasteiger partial charge in [0.15, 0.2) is 5.65 Å². The highest BCUT2D eigenvalue weighted by Crippen LogP contribution is 2.17. The Kier molecular flexibility index (Phi) is 1.47. The molecule has 0 saturated heterocycles. The van der Waals surface area contributed by atoms with E-state index in [-0.39, 0.29) is 0 Å². The summed E-state index contributed by atoms with van der Waals surface area (Å²) in [6.07, 6.45) is 1.54. The average molecular weight is 188 g/mol. The fraction of sp³-hybridized carbons (Fsp3) is 0. The second-order valence-corrected chi connectivity index (χ2v) is 2.88. The molecular weight excluding hydrogens is 185 g/mol. The zero-order valence-corrected chi connectivity index (χ0v) is 6.84. The van der Waals surface area contributed by atoms with Gasteiger partial charge in [-0.3, -0.25) is 4.40 Å². The van der Waals surface area contributed by atoms with E-state index in [0.717, 1.165) is 0 Å².